The van der Waals surface area contributed by atoms with Gasteiger partial charge in [-0.15, -0.1) is 0 Å². The Labute approximate surface area is 116 Å². The second-order valence-corrected chi connectivity index (χ2v) is 5.06. The van der Waals surface area contributed by atoms with Crippen LogP contribution in [0.1, 0.15) is 51.5 Å². The zero-order valence-electron chi connectivity index (χ0n) is 12.2. The van der Waals surface area contributed by atoms with Crippen LogP contribution >= 0.6 is 0 Å². The maximum atomic E-state index is 10.2. The first kappa shape index (κ1) is 15.6. The molecule has 0 fully saturated rings. The lowest BCUT2D eigenvalue weighted by atomic mass is 9.98. The van der Waals surface area contributed by atoms with Gasteiger partial charge in [0.15, 0.2) is 0 Å². The normalized spacial score (nSPS) is 13.3. The number of hydrogen-bond acceptors (Lipinski definition) is 2. The Morgan fingerprint density at radius 1 is 1.16 bits per heavy atom. The molecule has 0 bridgehead atoms. The summed E-state index contributed by atoms with van der Waals surface area (Å²) in [6, 6.07) is 7.55. The van der Waals surface area contributed by atoms with Crippen molar-refractivity contribution in [2.75, 3.05) is 7.11 Å². The molecule has 0 spiro atoms. The van der Waals surface area contributed by atoms with Crippen LogP contribution in [0, 0.1) is 11.8 Å². The Morgan fingerprint density at radius 3 is 2.42 bits per heavy atom. The molecule has 0 aliphatic heterocycles. The van der Waals surface area contributed by atoms with Crippen LogP contribution in [0.4, 0.5) is 0 Å². The van der Waals surface area contributed by atoms with E-state index in [0.717, 1.165) is 30.6 Å². The molecule has 2 heteroatoms. The number of hydrogen-bond donors (Lipinski definition) is 1. The van der Waals surface area contributed by atoms with E-state index in [4.69, 9.17) is 4.74 Å². The first-order valence-electron chi connectivity index (χ1n) is 6.97. The third-order valence-corrected chi connectivity index (χ3v) is 3.08. The van der Waals surface area contributed by atoms with Crippen molar-refractivity contribution in [1.82, 2.24) is 0 Å². The molecule has 1 unspecified atom stereocenters. The quantitative estimate of drug-likeness (QED) is 0.623. The fourth-order valence-corrected chi connectivity index (χ4v) is 1.84. The van der Waals surface area contributed by atoms with E-state index in [1.165, 1.54) is 12.8 Å². The average Bonchev–Trinajstić information content (AvgIpc) is 2.42. The van der Waals surface area contributed by atoms with Crippen molar-refractivity contribution in [2.45, 2.75) is 51.6 Å². The fourth-order valence-electron chi connectivity index (χ4n) is 1.84. The van der Waals surface area contributed by atoms with Crippen LogP contribution in [0.15, 0.2) is 24.3 Å². The van der Waals surface area contributed by atoms with Gasteiger partial charge in [-0.1, -0.05) is 38.0 Å². The van der Waals surface area contributed by atoms with Gasteiger partial charge in [-0.3, -0.25) is 0 Å². The Hall–Kier alpha value is -1.46. The van der Waals surface area contributed by atoms with Crippen LogP contribution in [0.3, 0.4) is 0 Å². The van der Waals surface area contributed by atoms with Gasteiger partial charge in [0.1, 0.15) is 11.4 Å². The molecular formula is C17H24O2. The summed E-state index contributed by atoms with van der Waals surface area (Å²) in [6.45, 7) is 3.97. The van der Waals surface area contributed by atoms with Crippen LogP contribution in [-0.2, 0) is 0 Å². The maximum absolute atomic E-state index is 10.2. The largest absolute Gasteiger partial charge is 0.497 e. The Balaban J connectivity index is 2.53. The fraction of sp³-hybridized carbons (Fsp3) is 0.529. The molecule has 0 radical (unpaired) electrons. The third-order valence-electron chi connectivity index (χ3n) is 3.08. The van der Waals surface area contributed by atoms with Gasteiger partial charge in [0.25, 0.3) is 0 Å². The smallest absolute Gasteiger partial charge is 0.123 e. The van der Waals surface area contributed by atoms with Crippen LogP contribution in [0.5, 0.6) is 5.75 Å². The molecule has 104 valence electrons. The lowest BCUT2D eigenvalue weighted by Crippen LogP contribution is -2.21. The van der Waals surface area contributed by atoms with Crippen LogP contribution in [0.2, 0.25) is 0 Å². The molecule has 0 saturated carbocycles. The van der Waals surface area contributed by atoms with E-state index < -0.39 is 5.60 Å². The SMILES string of the molecule is CCCCCCC(C)(O)C#Cc1ccc(OC)cc1. The van der Waals surface area contributed by atoms with Crippen molar-refractivity contribution in [1.29, 1.82) is 0 Å². The summed E-state index contributed by atoms with van der Waals surface area (Å²) >= 11 is 0. The summed E-state index contributed by atoms with van der Waals surface area (Å²) in [6.07, 6.45) is 5.35. The predicted octanol–water partition coefficient (Wildman–Crippen LogP) is 3.77. The van der Waals surface area contributed by atoms with Crippen molar-refractivity contribution in [3.8, 4) is 17.6 Å². The molecule has 1 aromatic rings. The van der Waals surface area contributed by atoms with E-state index >= 15 is 0 Å². The van der Waals surface area contributed by atoms with E-state index in [0.29, 0.717) is 0 Å². The maximum Gasteiger partial charge on any atom is 0.123 e. The monoisotopic (exact) mass is 260 g/mol. The van der Waals surface area contributed by atoms with E-state index in [1.807, 2.05) is 24.3 Å². The highest BCUT2D eigenvalue weighted by atomic mass is 16.5. The zero-order valence-corrected chi connectivity index (χ0v) is 12.2. The highest BCUT2D eigenvalue weighted by molar-refractivity contribution is 5.39. The van der Waals surface area contributed by atoms with Gasteiger partial charge in [-0.05, 0) is 44.0 Å². The predicted molar refractivity (Wildman–Crippen MR) is 79.3 cm³/mol. The Morgan fingerprint density at radius 2 is 1.84 bits per heavy atom. The number of aliphatic hydroxyl groups is 1. The second-order valence-electron chi connectivity index (χ2n) is 5.06. The minimum Gasteiger partial charge on any atom is -0.497 e. The molecule has 2 nitrogen and oxygen atoms in total. The third kappa shape index (κ3) is 6.31. The summed E-state index contributed by atoms with van der Waals surface area (Å²) < 4.78 is 5.09. The van der Waals surface area contributed by atoms with Crippen LogP contribution in [-0.4, -0.2) is 17.8 Å². The van der Waals surface area contributed by atoms with Crippen LogP contribution in [0.25, 0.3) is 0 Å². The number of rotatable bonds is 6. The highest BCUT2D eigenvalue weighted by Crippen LogP contribution is 2.15. The minimum atomic E-state index is -0.895. The summed E-state index contributed by atoms with van der Waals surface area (Å²) in [5.41, 5.74) is 0.00264. The van der Waals surface area contributed by atoms with Crippen molar-refractivity contribution in [3.63, 3.8) is 0 Å². The molecule has 1 aromatic carbocycles. The van der Waals surface area contributed by atoms with E-state index in [2.05, 4.69) is 18.8 Å². The minimum absolute atomic E-state index is 0.732. The van der Waals surface area contributed by atoms with Crippen LogP contribution < -0.4 is 4.74 Å². The number of methoxy groups -OCH3 is 1. The summed E-state index contributed by atoms with van der Waals surface area (Å²) in [5.74, 6) is 6.79. The van der Waals surface area contributed by atoms with Gasteiger partial charge in [0, 0.05) is 5.56 Å². The van der Waals surface area contributed by atoms with Gasteiger partial charge >= 0.3 is 0 Å². The molecule has 19 heavy (non-hydrogen) atoms. The number of benzene rings is 1. The molecular weight excluding hydrogens is 236 g/mol. The molecule has 0 aliphatic rings. The van der Waals surface area contributed by atoms with E-state index in [9.17, 15) is 5.11 Å². The molecule has 0 amide bonds. The summed E-state index contributed by atoms with van der Waals surface area (Å²) in [4.78, 5) is 0. The number of unbranched alkanes of at least 4 members (excludes halogenated alkanes) is 3. The van der Waals surface area contributed by atoms with Crippen molar-refractivity contribution in [2.24, 2.45) is 0 Å². The molecule has 1 atom stereocenters. The zero-order chi connectivity index (χ0) is 14.1. The molecule has 0 aromatic heterocycles. The van der Waals surface area contributed by atoms with Gasteiger partial charge in [0.2, 0.25) is 0 Å². The first-order valence-corrected chi connectivity index (χ1v) is 6.97. The lowest BCUT2D eigenvalue weighted by molar-refractivity contribution is 0.109. The lowest BCUT2D eigenvalue weighted by Gasteiger charge is -2.15. The molecule has 0 heterocycles. The molecule has 1 rings (SSSR count). The van der Waals surface area contributed by atoms with E-state index in [-0.39, 0.29) is 0 Å². The van der Waals surface area contributed by atoms with Crippen molar-refractivity contribution in [3.05, 3.63) is 29.8 Å². The molecule has 0 saturated heterocycles. The van der Waals surface area contributed by atoms with Crippen molar-refractivity contribution < 1.29 is 9.84 Å². The average molecular weight is 260 g/mol. The molecule has 1 N–H and O–H groups in total. The van der Waals surface area contributed by atoms with Gasteiger partial charge < -0.3 is 9.84 Å². The summed E-state index contributed by atoms with van der Waals surface area (Å²) in [7, 11) is 1.64. The summed E-state index contributed by atoms with van der Waals surface area (Å²) in [5, 5.41) is 10.2. The van der Waals surface area contributed by atoms with E-state index in [1.54, 1.807) is 14.0 Å². The topological polar surface area (TPSA) is 29.5 Å². The van der Waals surface area contributed by atoms with Gasteiger partial charge in [0.05, 0.1) is 7.11 Å². The Kier molecular flexibility index (Phi) is 6.45. The Bertz CT molecular complexity index is 421. The number of ether oxygens (including phenoxy) is 1. The standard InChI is InChI=1S/C17H24O2/c1-4-5-6-7-13-17(2,18)14-12-15-8-10-16(19-3)11-9-15/h8-11,18H,4-7,13H2,1-3H3. The first-order chi connectivity index (χ1) is 9.07. The second kappa shape index (κ2) is 7.86. The van der Waals surface area contributed by atoms with Gasteiger partial charge in [-0.2, -0.15) is 0 Å². The van der Waals surface area contributed by atoms with Crippen molar-refractivity contribution >= 4 is 0 Å². The van der Waals surface area contributed by atoms with Gasteiger partial charge in [-0.25, -0.2) is 0 Å². The highest BCUT2D eigenvalue weighted by Gasteiger charge is 2.15. The molecule has 0 aliphatic carbocycles.